The summed E-state index contributed by atoms with van der Waals surface area (Å²) < 4.78 is 86.9. The second-order valence-corrected chi connectivity index (χ2v) is 43.3. The highest BCUT2D eigenvalue weighted by Crippen LogP contribution is 2.46. The average Bonchev–Trinajstić information content (AvgIpc) is 1.54. The number of nitrogens with zero attached hydrogens (tertiary/aromatic N) is 9. The number of hydrogen-bond acceptors (Lipinski definition) is 24. The molecule has 15 rings (SSSR count). The molecule has 666 valence electrons. The van der Waals surface area contributed by atoms with Gasteiger partial charge in [0.2, 0.25) is 0 Å². The van der Waals surface area contributed by atoms with Crippen LogP contribution in [0.25, 0.3) is 0 Å². The summed E-state index contributed by atoms with van der Waals surface area (Å²) >= 11 is 0. The van der Waals surface area contributed by atoms with Gasteiger partial charge in [0.05, 0.1) is 51.5 Å². The van der Waals surface area contributed by atoms with Crippen LogP contribution in [-0.2, 0) is 46.3 Å². The molecule has 6 aromatic heterocycles. The van der Waals surface area contributed by atoms with Crippen molar-refractivity contribution < 1.29 is 69.3 Å². The largest absolute Gasteiger partial charge is 0.478 e. The number of aromatic nitrogens is 6. The number of carboxylic acids is 3. The molecule has 9 N–H and O–H groups in total. The van der Waals surface area contributed by atoms with E-state index in [1.165, 1.54) is 18.2 Å². The topological polar surface area (TPSA) is 425 Å². The van der Waals surface area contributed by atoms with Crippen molar-refractivity contribution in [2.24, 2.45) is 17.8 Å². The van der Waals surface area contributed by atoms with Gasteiger partial charge in [-0.2, -0.15) is 25.3 Å². The Labute approximate surface area is 736 Å². The Balaban J connectivity index is 0.000000162. The summed E-state index contributed by atoms with van der Waals surface area (Å²) in [5.74, 6) is -2.08. The number of anilines is 6. The van der Waals surface area contributed by atoms with Crippen LogP contribution in [0.2, 0.25) is 0 Å². The minimum atomic E-state index is -4.31. The van der Waals surface area contributed by atoms with Gasteiger partial charge < -0.3 is 46.0 Å². The van der Waals surface area contributed by atoms with Crippen LogP contribution in [0, 0.1) is 17.8 Å². The number of benzene rings is 3. The van der Waals surface area contributed by atoms with E-state index in [4.69, 9.17) is 15.0 Å². The molecule has 3 aromatic carbocycles. The molecule has 3 saturated heterocycles. The first-order valence-corrected chi connectivity index (χ1v) is 46.7. The molecular formula is C93H111N15O15S3. The summed E-state index contributed by atoms with van der Waals surface area (Å²) in [6.45, 7) is 33.1. The van der Waals surface area contributed by atoms with Gasteiger partial charge >= 0.3 is 17.9 Å². The molecule has 9 aromatic rings. The van der Waals surface area contributed by atoms with Crippen molar-refractivity contribution in [3.05, 3.63) is 231 Å². The van der Waals surface area contributed by atoms with E-state index in [1.54, 1.807) is 146 Å². The van der Waals surface area contributed by atoms with Crippen LogP contribution in [0.15, 0.2) is 179 Å². The number of sulfonamides is 3. The van der Waals surface area contributed by atoms with Crippen molar-refractivity contribution in [1.29, 1.82) is 0 Å². The zero-order chi connectivity index (χ0) is 91.3. The molecule has 0 aliphatic carbocycles. The van der Waals surface area contributed by atoms with E-state index in [9.17, 15) is 69.3 Å². The van der Waals surface area contributed by atoms with E-state index in [0.29, 0.717) is 73.8 Å². The zero-order valence-corrected chi connectivity index (χ0v) is 76.0. The predicted molar refractivity (Wildman–Crippen MR) is 481 cm³/mol. The number of rotatable bonds is 6. The SMILES string of the molecule is CC(C)(C)c1ccc2c(n1)N1C[C@@H](CCC(c3ccc(C(=O)O)cc3)Nc3cccc(n3)S(=O)(=O)NC2=O)CC1(C)C.CC(C)(C)c1ccc2c(n1)N1C[C@@H](CCC(c3ccc(C(=O)O)cc3)Nc3cccc(n3)S(=O)(=O)NC2=O)CC1(C)C.CC(C)(C)c1ccc2c(n1)N1C[C@@H](CCC(c3ccc(C(=O)O)cc3)Nc3cccc(n3)S(=O)(=O)NC2=O)CC1(C)C. The zero-order valence-electron chi connectivity index (χ0n) is 73.5. The van der Waals surface area contributed by atoms with Crippen molar-refractivity contribution in [1.82, 2.24) is 44.1 Å². The smallest absolute Gasteiger partial charge is 0.335 e. The van der Waals surface area contributed by atoms with E-state index in [0.717, 1.165) is 72.3 Å². The molecule has 12 heterocycles. The van der Waals surface area contributed by atoms with Gasteiger partial charge in [-0.3, -0.25) is 14.4 Å². The fourth-order valence-corrected chi connectivity index (χ4v) is 20.3. The van der Waals surface area contributed by atoms with Gasteiger partial charge in [0.1, 0.15) is 34.9 Å². The third kappa shape index (κ3) is 20.7. The molecule has 12 bridgehead atoms. The molecule has 0 spiro atoms. The van der Waals surface area contributed by atoms with Crippen LogP contribution in [-0.4, -0.2) is 142 Å². The molecule has 0 saturated carbocycles. The summed E-state index contributed by atoms with van der Waals surface area (Å²) in [6, 6.07) is 43.3. The number of carboxylic acid groups (broad SMARTS) is 3. The van der Waals surface area contributed by atoms with Crippen molar-refractivity contribution in [3.63, 3.8) is 0 Å². The summed E-state index contributed by atoms with van der Waals surface area (Å²) in [7, 11) is -12.9. The quantitative estimate of drug-likeness (QED) is 0.0746. The molecule has 3 amide bonds. The molecule has 6 aliphatic heterocycles. The molecule has 126 heavy (non-hydrogen) atoms. The molecular weight excluding hydrogens is 1660 g/mol. The maximum absolute atomic E-state index is 13.6. The third-order valence-corrected chi connectivity index (χ3v) is 27.9. The summed E-state index contributed by atoms with van der Waals surface area (Å²) in [4.78, 5) is 109. The number of carbonyl (C=O) groups is 6. The number of nitrogens with one attached hydrogen (secondary N) is 6. The lowest BCUT2D eigenvalue weighted by Gasteiger charge is -2.34. The Morgan fingerprint density at radius 1 is 0.341 bits per heavy atom. The van der Waals surface area contributed by atoms with Crippen molar-refractivity contribution in [3.8, 4) is 0 Å². The lowest BCUT2D eigenvalue weighted by molar-refractivity contribution is 0.0686. The molecule has 33 heteroatoms. The Morgan fingerprint density at radius 2 is 0.579 bits per heavy atom. The van der Waals surface area contributed by atoms with Gasteiger partial charge in [0, 0.05) is 69.6 Å². The van der Waals surface area contributed by atoms with Crippen LogP contribution < -0.4 is 44.8 Å². The Kier molecular flexibility index (Phi) is 25.6. The summed E-state index contributed by atoms with van der Waals surface area (Å²) in [5.41, 5.74) is 4.30. The normalized spacial score (nSPS) is 21.7. The Hall–Kier alpha value is -12.0. The van der Waals surface area contributed by atoms with Gasteiger partial charge in [-0.1, -0.05) is 117 Å². The first kappa shape index (κ1) is 91.7. The highest BCUT2D eigenvalue weighted by atomic mass is 32.2. The second-order valence-electron chi connectivity index (χ2n) is 38.4. The van der Waals surface area contributed by atoms with Crippen molar-refractivity contribution in [2.75, 3.05) is 50.3 Å². The number of aromatic carboxylic acids is 3. The van der Waals surface area contributed by atoms with Crippen LogP contribution in [0.1, 0.15) is 276 Å². The minimum Gasteiger partial charge on any atom is -0.478 e. The molecule has 3 unspecified atom stereocenters. The third-order valence-electron chi connectivity index (χ3n) is 24.2. The van der Waals surface area contributed by atoms with Gasteiger partial charge in [0.15, 0.2) is 15.1 Å². The molecule has 6 atom stereocenters. The molecule has 6 aliphatic rings. The second kappa shape index (κ2) is 35.1. The number of carbonyl (C=O) groups excluding carboxylic acids is 3. The van der Waals surface area contributed by atoms with Crippen LogP contribution >= 0.6 is 0 Å². The minimum absolute atomic E-state index is 0.187. The monoisotopic (exact) mass is 1770 g/mol. The Morgan fingerprint density at radius 3 is 0.802 bits per heavy atom. The summed E-state index contributed by atoms with van der Waals surface area (Å²) in [5, 5.41) is 37.3. The fraction of sp³-hybridized carbons (Fsp3) is 0.419. The maximum Gasteiger partial charge on any atom is 0.335 e. The average molecular weight is 1780 g/mol. The van der Waals surface area contributed by atoms with Gasteiger partial charge in [0.25, 0.3) is 47.8 Å². The van der Waals surface area contributed by atoms with Crippen molar-refractivity contribution >= 4 is 101 Å². The standard InChI is InChI=1S/3C31H37N5O5S/c3*1-30(2,3)24-16-14-22-27(33-24)36-18-19(17-31(36,4)5)9-15-23(20-10-12-21(13-11-20)29(38)39)32-25-7-6-8-26(34-25)42(40,41)35-28(22)37/h3*6-8,10-14,16,19,23H,9,15,17-18H2,1-5H3,(H,32,34)(H,35,37)(H,38,39)/t3*19-,23?/m000/s1. The lowest BCUT2D eigenvalue weighted by Crippen LogP contribution is -2.41. The first-order valence-electron chi connectivity index (χ1n) is 42.2. The first-order chi connectivity index (χ1) is 58.9. The molecule has 0 radical (unpaired) electrons. The number of amides is 3. The lowest BCUT2D eigenvalue weighted by atomic mass is 9.90. The fourth-order valence-electron chi connectivity index (χ4n) is 17.5. The van der Waals surface area contributed by atoms with Gasteiger partial charge in [-0.25, -0.2) is 58.5 Å². The van der Waals surface area contributed by atoms with Crippen LogP contribution in [0.3, 0.4) is 0 Å². The van der Waals surface area contributed by atoms with Crippen LogP contribution in [0.5, 0.6) is 0 Å². The van der Waals surface area contributed by atoms with E-state index in [2.05, 4.69) is 101 Å². The number of fused-ring (bicyclic) bond motifs is 18. The van der Waals surface area contributed by atoms with Crippen LogP contribution in [0.4, 0.5) is 34.9 Å². The van der Waals surface area contributed by atoms with E-state index in [-0.39, 0.29) is 117 Å². The van der Waals surface area contributed by atoms with Crippen molar-refractivity contribution in [2.45, 2.75) is 228 Å². The molecule has 3 fully saturated rings. The number of pyridine rings is 6. The van der Waals surface area contributed by atoms with E-state index in [1.807, 2.05) is 62.3 Å². The maximum atomic E-state index is 13.6. The molecule has 30 nitrogen and oxygen atoms in total. The summed E-state index contributed by atoms with van der Waals surface area (Å²) in [6.07, 6.45) is 7.13. The van der Waals surface area contributed by atoms with Gasteiger partial charge in [-0.05, 0) is 243 Å². The Bertz CT molecular complexity index is 5470. The van der Waals surface area contributed by atoms with E-state index >= 15 is 0 Å². The highest BCUT2D eigenvalue weighted by molar-refractivity contribution is 7.90. The van der Waals surface area contributed by atoms with E-state index < -0.39 is 65.7 Å². The number of hydrogen-bond donors (Lipinski definition) is 9. The van der Waals surface area contributed by atoms with Gasteiger partial charge in [-0.15, -0.1) is 0 Å². The predicted octanol–water partition coefficient (Wildman–Crippen LogP) is 15.4. The highest BCUT2D eigenvalue weighted by Gasteiger charge is 2.46.